The number of nitrogens with one attached hydrogen (secondary N) is 1. The zero-order chi connectivity index (χ0) is 22.8. The first-order valence-corrected chi connectivity index (χ1v) is 13.1. The molecule has 0 bridgehead atoms. The van der Waals surface area contributed by atoms with Gasteiger partial charge in [-0.2, -0.15) is 0 Å². The molecule has 6 heteroatoms. The van der Waals surface area contributed by atoms with Crippen LogP contribution < -0.4 is 9.62 Å². The van der Waals surface area contributed by atoms with Crippen molar-refractivity contribution in [2.24, 2.45) is 0 Å². The molecule has 2 aliphatic rings. The molecule has 5 nitrogen and oxygen atoms in total. The molecule has 1 fully saturated rings. The van der Waals surface area contributed by atoms with Crippen molar-refractivity contribution in [2.45, 2.75) is 49.0 Å². The van der Waals surface area contributed by atoms with Crippen LogP contribution in [-0.2, 0) is 21.2 Å². The Kier molecular flexibility index (Phi) is 6.04. The fraction of sp³-hybridized carbons (Fsp3) is 0.296. The van der Waals surface area contributed by atoms with E-state index in [0.717, 1.165) is 48.1 Å². The maximum Gasteiger partial charge on any atom is 0.240 e. The van der Waals surface area contributed by atoms with Gasteiger partial charge in [0.15, 0.2) is 0 Å². The number of hydrogen-bond donors (Lipinski definition) is 1. The summed E-state index contributed by atoms with van der Waals surface area (Å²) in [7, 11) is -3.56. The summed E-state index contributed by atoms with van der Waals surface area (Å²) in [4.78, 5) is 15.9. The predicted molar refractivity (Wildman–Crippen MR) is 130 cm³/mol. The first-order chi connectivity index (χ1) is 16.0. The third kappa shape index (κ3) is 4.45. The lowest BCUT2D eigenvalue weighted by Crippen LogP contribution is -2.34. The molecule has 0 unspecified atom stereocenters. The first-order valence-electron chi connectivity index (χ1n) is 11.6. The van der Waals surface area contributed by atoms with Gasteiger partial charge < -0.3 is 4.90 Å². The van der Waals surface area contributed by atoms with Gasteiger partial charge in [0.25, 0.3) is 0 Å². The van der Waals surface area contributed by atoms with E-state index in [0.29, 0.717) is 13.0 Å². The molecule has 0 aromatic heterocycles. The van der Waals surface area contributed by atoms with Crippen LogP contribution in [0.3, 0.4) is 0 Å². The lowest BCUT2D eigenvalue weighted by atomic mass is 9.90. The summed E-state index contributed by atoms with van der Waals surface area (Å²) in [5, 5.41) is 0. The highest BCUT2D eigenvalue weighted by Crippen LogP contribution is 2.35. The van der Waals surface area contributed by atoms with Crippen LogP contribution in [0.5, 0.6) is 0 Å². The smallest absolute Gasteiger partial charge is 0.240 e. The largest absolute Gasteiger partial charge is 0.311 e. The molecule has 0 atom stereocenters. The molecule has 1 amide bonds. The Morgan fingerprint density at radius 3 is 2.09 bits per heavy atom. The number of fused-ring (bicyclic) bond motifs is 1. The van der Waals surface area contributed by atoms with Crippen molar-refractivity contribution in [3.63, 3.8) is 0 Å². The van der Waals surface area contributed by atoms with Gasteiger partial charge in [0.05, 0.1) is 10.8 Å². The molecule has 5 rings (SSSR count). The van der Waals surface area contributed by atoms with Crippen molar-refractivity contribution >= 4 is 21.6 Å². The number of anilines is 1. The topological polar surface area (TPSA) is 66.5 Å². The molecule has 0 saturated heterocycles. The fourth-order valence-electron chi connectivity index (χ4n) is 5.03. The van der Waals surface area contributed by atoms with E-state index in [2.05, 4.69) is 4.72 Å². The fourth-order valence-corrected chi connectivity index (χ4v) is 6.38. The van der Waals surface area contributed by atoms with E-state index >= 15 is 0 Å². The molecule has 3 aromatic rings. The van der Waals surface area contributed by atoms with E-state index < -0.39 is 15.9 Å². The number of carbonyl (C=O) groups excluding carboxylic acids is 1. The number of sulfonamides is 1. The van der Waals surface area contributed by atoms with Crippen molar-refractivity contribution in [3.05, 3.63) is 95.6 Å². The lowest BCUT2D eigenvalue weighted by Gasteiger charge is -2.25. The van der Waals surface area contributed by atoms with Crippen LogP contribution in [-0.4, -0.2) is 26.9 Å². The molecular weight excluding hydrogens is 432 g/mol. The maximum absolute atomic E-state index is 13.8. The van der Waals surface area contributed by atoms with Gasteiger partial charge in [0.2, 0.25) is 15.9 Å². The molecule has 1 heterocycles. The van der Waals surface area contributed by atoms with Gasteiger partial charge in [-0.05, 0) is 54.2 Å². The first kappa shape index (κ1) is 21.9. The van der Waals surface area contributed by atoms with Gasteiger partial charge >= 0.3 is 0 Å². The summed E-state index contributed by atoms with van der Waals surface area (Å²) in [6, 6.07) is 24.8. The Bertz CT molecular complexity index is 1200. The average molecular weight is 461 g/mol. The summed E-state index contributed by atoms with van der Waals surface area (Å²) in [6.45, 7) is 0.546. The monoisotopic (exact) mass is 460 g/mol. The molecule has 0 spiro atoms. The summed E-state index contributed by atoms with van der Waals surface area (Å²) in [6.07, 6.45) is 4.57. The minimum absolute atomic E-state index is 0.00541. The zero-order valence-electron chi connectivity index (χ0n) is 18.5. The molecule has 1 saturated carbocycles. The second kappa shape index (κ2) is 9.12. The summed E-state index contributed by atoms with van der Waals surface area (Å²) in [5.41, 5.74) is 3.60. The number of hydrogen-bond acceptors (Lipinski definition) is 3. The highest BCUT2D eigenvalue weighted by atomic mass is 32.2. The maximum atomic E-state index is 13.8. The van der Waals surface area contributed by atoms with Gasteiger partial charge in [-0.15, -0.1) is 0 Å². The van der Waals surface area contributed by atoms with Crippen LogP contribution in [0, 0.1) is 0 Å². The summed E-state index contributed by atoms with van der Waals surface area (Å²) < 4.78 is 28.6. The predicted octanol–water partition coefficient (Wildman–Crippen LogP) is 4.63. The van der Waals surface area contributed by atoms with Crippen LogP contribution in [0.4, 0.5) is 5.69 Å². The molecule has 1 N–H and O–H groups in total. The normalized spacial score (nSPS) is 16.3. The molecular formula is C27H28N2O3S. The molecule has 170 valence electrons. The number of rotatable bonds is 6. The van der Waals surface area contributed by atoms with Gasteiger partial charge in [-0.1, -0.05) is 73.5 Å². The van der Waals surface area contributed by atoms with Crippen LogP contribution in [0.15, 0.2) is 83.8 Å². The molecule has 1 aliphatic carbocycles. The standard InChI is InChI=1S/C27H28N2O3S/c30-27(26(20-9-3-1-4-10-20)21-11-5-2-6-12-21)29-18-17-22-19-24(15-16-25(22)29)33(31,32)28-23-13-7-8-14-23/h1-6,9-12,15-16,19,23,26,28H,7-8,13-14,17-18H2. The van der Waals surface area contributed by atoms with Crippen LogP contribution in [0.1, 0.15) is 48.3 Å². The van der Waals surface area contributed by atoms with E-state index in [9.17, 15) is 13.2 Å². The van der Waals surface area contributed by atoms with E-state index in [4.69, 9.17) is 0 Å². The number of nitrogens with zero attached hydrogens (tertiary/aromatic N) is 1. The molecule has 3 aromatic carbocycles. The van der Waals surface area contributed by atoms with E-state index in [1.165, 1.54) is 0 Å². The van der Waals surface area contributed by atoms with E-state index in [-0.39, 0.29) is 16.8 Å². The highest BCUT2D eigenvalue weighted by molar-refractivity contribution is 7.89. The van der Waals surface area contributed by atoms with Crippen molar-refractivity contribution in [2.75, 3.05) is 11.4 Å². The quantitative estimate of drug-likeness (QED) is 0.583. The van der Waals surface area contributed by atoms with Gasteiger partial charge in [0.1, 0.15) is 0 Å². The SMILES string of the molecule is O=C(C(c1ccccc1)c1ccccc1)N1CCc2cc(S(=O)(=O)NC3CCCC3)ccc21. The summed E-state index contributed by atoms with van der Waals surface area (Å²) >= 11 is 0. The van der Waals surface area contributed by atoms with Crippen molar-refractivity contribution in [1.82, 2.24) is 4.72 Å². The van der Waals surface area contributed by atoms with Crippen LogP contribution >= 0.6 is 0 Å². The van der Waals surface area contributed by atoms with Gasteiger partial charge in [-0.25, -0.2) is 13.1 Å². The number of amides is 1. The second-order valence-corrected chi connectivity index (χ2v) is 10.6. The zero-order valence-corrected chi connectivity index (χ0v) is 19.3. The highest BCUT2D eigenvalue weighted by Gasteiger charge is 2.33. The van der Waals surface area contributed by atoms with Gasteiger partial charge in [0, 0.05) is 18.3 Å². The van der Waals surface area contributed by atoms with Crippen LogP contribution in [0.2, 0.25) is 0 Å². The lowest BCUT2D eigenvalue weighted by molar-refractivity contribution is -0.119. The summed E-state index contributed by atoms with van der Waals surface area (Å²) in [5.74, 6) is -0.406. The average Bonchev–Trinajstić information content (AvgIpc) is 3.49. The number of benzene rings is 3. The third-order valence-electron chi connectivity index (χ3n) is 6.71. The molecule has 0 radical (unpaired) electrons. The minimum Gasteiger partial charge on any atom is -0.311 e. The van der Waals surface area contributed by atoms with E-state index in [1.807, 2.05) is 60.7 Å². The Hall–Kier alpha value is -2.96. The molecule has 1 aliphatic heterocycles. The molecule has 33 heavy (non-hydrogen) atoms. The Morgan fingerprint density at radius 1 is 0.879 bits per heavy atom. The van der Waals surface area contributed by atoms with Crippen molar-refractivity contribution in [3.8, 4) is 0 Å². The Labute approximate surface area is 195 Å². The van der Waals surface area contributed by atoms with Crippen molar-refractivity contribution in [1.29, 1.82) is 0 Å². The van der Waals surface area contributed by atoms with E-state index in [1.54, 1.807) is 23.1 Å². The van der Waals surface area contributed by atoms with Crippen molar-refractivity contribution < 1.29 is 13.2 Å². The number of carbonyl (C=O) groups is 1. The Balaban J connectivity index is 1.44. The second-order valence-electron chi connectivity index (χ2n) is 8.89. The Morgan fingerprint density at radius 2 is 1.48 bits per heavy atom. The minimum atomic E-state index is -3.56. The third-order valence-corrected chi connectivity index (χ3v) is 8.23. The van der Waals surface area contributed by atoms with Gasteiger partial charge in [-0.3, -0.25) is 4.79 Å². The van der Waals surface area contributed by atoms with Crippen LogP contribution in [0.25, 0.3) is 0 Å².